The van der Waals surface area contributed by atoms with Gasteiger partial charge in [0, 0.05) is 6.42 Å². The van der Waals surface area contributed by atoms with E-state index in [1.165, 1.54) is 4.90 Å². The molecule has 84 valence electrons. The predicted octanol–water partition coefficient (Wildman–Crippen LogP) is 1.18. The maximum atomic E-state index is 12.0. The Morgan fingerprint density at radius 1 is 1.50 bits per heavy atom. The minimum Gasteiger partial charge on any atom is -0.459 e. The smallest absolute Gasteiger partial charge is 0.329 e. The van der Waals surface area contributed by atoms with Gasteiger partial charge in [0.2, 0.25) is 0 Å². The third-order valence-corrected chi connectivity index (χ3v) is 3.29. The molecular formula is C10H8BrNO4. The zero-order valence-corrected chi connectivity index (χ0v) is 9.77. The van der Waals surface area contributed by atoms with Gasteiger partial charge < -0.3 is 14.1 Å². The summed E-state index contributed by atoms with van der Waals surface area (Å²) in [5.74, 6) is -0.322. The molecule has 5 nitrogen and oxygen atoms in total. The number of hydrogen-bond acceptors (Lipinski definition) is 4. The van der Waals surface area contributed by atoms with E-state index in [0.717, 1.165) is 0 Å². The minimum atomic E-state index is -0.429. The number of hydrogen-bond donors (Lipinski definition) is 0. The molecule has 0 aliphatic carbocycles. The summed E-state index contributed by atoms with van der Waals surface area (Å²) < 4.78 is 10.7. The van der Waals surface area contributed by atoms with Crippen LogP contribution < -0.4 is 0 Å². The quantitative estimate of drug-likeness (QED) is 0.727. The van der Waals surface area contributed by atoms with Crippen molar-refractivity contribution >= 4 is 27.8 Å². The fourth-order valence-electron chi connectivity index (χ4n) is 2.14. The van der Waals surface area contributed by atoms with Crippen molar-refractivity contribution in [2.45, 2.75) is 18.6 Å². The number of carbonyl (C=O) groups is 2. The van der Waals surface area contributed by atoms with Crippen LogP contribution in [0.5, 0.6) is 0 Å². The van der Waals surface area contributed by atoms with Crippen molar-refractivity contribution in [3.63, 3.8) is 0 Å². The van der Waals surface area contributed by atoms with Crippen LogP contribution in [0.25, 0.3) is 0 Å². The van der Waals surface area contributed by atoms with E-state index in [1.54, 1.807) is 12.1 Å². The maximum Gasteiger partial charge on any atom is 0.329 e. The summed E-state index contributed by atoms with van der Waals surface area (Å²) in [5.41, 5.74) is 0. The number of ether oxygens (including phenoxy) is 1. The standard InChI is InChI=1S/C10H8BrNO4/c11-8-2-1-7(16-8)9(13)12-4-5-3-6(12)10(14)15-5/h1-2,5-6H,3-4H2. The Kier molecular flexibility index (Phi) is 2.07. The lowest BCUT2D eigenvalue weighted by Gasteiger charge is -2.24. The molecule has 0 N–H and O–H groups in total. The molecule has 1 aromatic heterocycles. The van der Waals surface area contributed by atoms with Crippen molar-refractivity contribution in [3.8, 4) is 0 Å². The van der Waals surface area contributed by atoms with E-state index in [9.17, 15) is 9.59 Å². The van der Waals surface area contributed by atoms with E-state index in [1.807, 2.05) is 0 Å². The number of likely N-dealkylation sites (tertiary alicyclic amines) is 1. The van der Waals surface area contributed by atoms with Crippen LogP contribution in [-0.2, 0) is 9.53 Å². The van der Waals surface area contributed by atoms with Crippen LogP contribution in [0, 0.1) is 0 Å². The van der Waals surface area contributed by atoms with E-state index in [2.05, 4.69) is 15.9 Å². The lowest BCUT2D eigenvalue weighted by atomic mass is 10.2. The second-order valence-corrected chi connectivity index (χ2v) is 4.65. The highest BCUT2D eigenvalue weighted by molar-refractivity contribution is 9.10. The Hall–Kier alpha value is -1.30. The number of morpholine rings is 1. The van der Waals surface area contributed by atoms with Gasteiger partial charge in [-0.1, -0.05) is 0 Å². The molecule has 0 spiro atoms. The number of nitrogens with zero attached hydrogens (tertiary/aromatic N) is 1. The summed E-state index contributed by atoms with van der Waals surface area (Å²) in [6, 6.07) is 2.81. The summed E-state index contributed by atoms with van der Waals surface area (Å²) in [5, 5.41) is 0. The number of esters is 1. The monoisotopic (exact) mass is 285 g/mol. The lowest BCUT2D eigenvalue weighted by molar-refractivity contribution is -0.149. The average molecular weight is 286 g/mol. The first-order valence-electron chi connectivity index (χ1n) is 4.92. The molecule has 2 fully saturated rings. The highest BCUT2D eigenvalue weighted by Gasteiger charge is 2.49. The van der Waals surface area contributed by atoms with Crippen molar-refractivity contribution < 1.29 is 18.7 Å². The average Bonchev–Trinajstić information content (AvgIpc) is 2.90. The number of furan rings is 1. The predicted molar refractivity (Wildman–Crippen MR) is 55.7 cm³/mol. The molecule has 2 atom stereocenters. The minimum absolute atomic E-state index is 0.139. The lowest BCUT2D eigenvalue weighted by Crippen LogP contribution is -2.44. The third kappa shape index (κ3) is 1.36. The molecular weight excluding hydrogens is 278 g/mol. The van der Waals surface area contributed by atoms with E-state index < -0.39 is 6.04 Å². The summed E-state index contributed by atoms with van der Waals surface area (Å²) in [4.78, 5) is 24.8. The van der Waals surface area contributed by atoms with Crippen LogP contribution >= 0.6 is 15.9 Å². The Labute approximate surface area is 99.5 Å². The van der Waals surface area contributed by atoms with Crippen LogP contribution in [0.4, 0.5) is 0 Å². The molecule has 1 amide bonds. The molecule has 2 unspecified atom stereocenters. The molecule has 0 saturated carbocycles. The van der Waals surface area contributed by atoms with Crippen molar-refractivity contribution in [2.75, 3.05) is 6.54 Å². The van der Waals surface area contributed by atoms with Crippen LogP contribution in [0.1, 0.15) is 17.0 Å². The summed E-state index contributed by atoms with van der Waals surface area (Å²) in [7, 11) is 0. The zero-order valence-electron chi connectivity index (χ0n) is 8.18. The number of amides is 1. The summed E-state index contributed by atoms with van der Waals surface area (Å²) in [6.07, 6.45) is 0.465. The number of carbonyl (C=O) groups excluding carboxylic acids is 2. The van der Waals surface area contributed by atoms with Crippen molar-refractivity contribution in [3.05, 3.63) is 22.6 Å². The molecule has 2 bridgehead atoms. The molecule has 16 heavy (non-hydrogen) atoms. The van der Waals surface area contributed by atoms with E-state index in [4.69, 9.17) is 9.15 Å². The number of halogens is 1. The van der Waals surface area contributed by atoms with Crippen molar-refractivity contribution in [1.82, 2.24) is 4.90 Å². The Bertz CT molecular complexity index is 469. The highest BCUT2D eigenvalue weighted by Crippen LogP contribution is 2.30. The molecule has 2 aliphatic heterocycles. The van der Waals surface area contributed by atoms with Gasteiger partial charge in [-0.2, -0.15) is 0 Å². The maximum absolute atomic E-state index is 12.0. The first-order valence-corrected chi connectivity index (χ1v) is 5.71. The molecule has 0 radical (unpaired) electrons. The molecule has 1 aromatic rings. The van der Waals surface area contributed by atoms with Crippen molar-refractivity contribution in [2.24, 2.45) is 0 Å². The number of rotatable bonds is 1. The number of fused-ring (bicyclic) bond motifs is 2. The van der Waals surface area contributed by atoms with Gasteiger partial charge in [0.1, 0.15) is 12.1 Å². The molecule has 2 aliphatic rings. The third-order valence-electron chi connectivity index (χ3n) is 2.86. The van der Waals surface area contributed by atoms with Gasteiger partial charge in [-0.05, 0) is 28.1 Å². The fraction of sp³-hybridized carbons (Fsp3) is 0.400. The zero-order chi connectivity index (χ0) is 11.3. The Morgan fingerprint density at radius 3 is 2.88 bits per heavy atom. The van der Waals surface area contributed by atoms with Gasteiger partial charge in [0.25, 0.3) is 5.91 Å². The normalized spacial score (nSPS) is 27.3. The van der Waals surface area contributed by atoms with Crippen LogP contribution in [0.2, 0.25) is 0 Å². The van der Waals surface area contributed by atoms with Crippen molar-refractivity contribution in [1.29, 1.82) is 0 Å². The summed E-state index contributed by atoms with van der Waals surface area (Å²) in [6.45, 7) is 0.466. The second-order valence-electron chi connectivity index (χ2n) is 3.87. The molecule has 2 saturated heterocycles. The van der Waals surface area contributed by atoms with Crippen LogP contribution in [-0.4, -0.2) is 35.5 Å². The van der Waals surface area contributed by atoms with Gasteiger partial charge in [0.15, 0.2) is 10.4 Å². The van der Waals surface area contributed by atoms with Gasteiger partial charge in [-0.25, -0.2) is 4.79 Å². The van der Waals surface area contributed by atoms with E-state index >= 15 is 0 Å². The molecule has 0 aromatic carbocycles. The molecule has 3 heterocycles. The largest absolute Gasteiger partial charge is 0.459 e. The fourth-order valence-corrected chi connectivity index (χ4v) is 2.45. The first kappa shape index (κ1) is 9.89. The molecule has 3 rings (SSSR count). The van der Waals surface area contributed by atoms with Crippen LogP contribution in [0.3, 0.4) is 0 Å². The van der Waals surface area contributed by atoms with E-state index in [-0.39, 0.29) is 23.7 Å². The summed E-state index contributed by atoms with van der Waals surface area (Å²) >= 11 is 3.13. The Morgan fingerprint density at radius 2 is 2.31 bits per heavy atom. The highest BCUT2D eigenvalue weighted by atomic mass is 79.9. The van der Waals surface area contributed by atoms with Crippen LogP contribution in [0.15, 0.2) is 21.2 Å². The second kappa shape index (κ2) is 3.35. The van der Waals surface area contributed by atoms with Gasteiger partial charge in [0.05, 0.1) is 6.54 Å². The first-order chi connectivity index (χ1) is 7.65. The van der Waals surface area contributed by atoms with E-state index in [0.29, 0.717) is 17.6 Å². The van der Waals surface area contributed by atoms with Gasteiger partial charge in [-0.15, -0.1) is 0 Å². The SMILES string of the molecule is O=C1OC2CC1N(C(=O)c1ccc(Br)o1)C2. The van der Waals surface area contributed by atoms with Gasteiger partial charge in [-0.3, -0.25) is 4.79 Å². The van der Waals surface area contributed by atoms with Gasteiger partial charge >= 0.3 is 5.97 Å². The topological polar surface area (TPSA) is 59.8 Å². The molecule has 6 heteroatoms. The Balaban J connectivity index is 1.84.